The average Bonchev–Trinajstić information content (AvgIpc) is 2.45. The van der Waals surface area contributed by atoms with Gasteiger partial charge in [-0.25, -0.2) is 4.79 Å². The lowest BCUT2D eigenvalue weighted by atomic mass is 10.1. The maximum atomic E-state index is 12.2. The minimum Gasteiger partial charge on any atom is -0.493 e. The van der Waals surface area contributed by atoms with Crippen LogP contribution < -0.4 is 10.1 Å². The molecule has 0 saturated carbocycles. The molecule has 0 heterocycles. The van der Waals surface area contributed by atoms with Crippen LogP contribution in [0.1, 0.15) is 23.7 Å². The van der Waals surface area contributed by atoms with Gasteiger partial charge in [-0.3, -0.25) is 4.79 Å². The number of aliphatic carboxylic acids is 1. The standard InChI is InChI=1S/C14H18ClNO5/c1-3-6-21-12-5-4-9(15)7-10(12)13(17)16-11(8-20-2)14(18)19/h4-5,7,11H,3,6,8H2,1-2H3,(H,16,17)(H,18,19). The molecule has 2 N–H and O–H groups in total. The number of carboxylic acids is 1. The molecule has 1 unspecified atom stereocenters. The largest absolute Gasteiger partial charge is 0.493 e. The van der Waals surface area contributed by atoms with E-state index < -0.39 is 17.9 Å². The number of carbonyl (C=O) groups excluding carboxylic acids is 1. The average molecular weight is 316 g/mol. The van der Waals surface area contributed by atoms with Crippen LogP contribution in [0.2, 0.25) is 5.02 Å². The summed E-state index contributed by atoms with van der Waals surface area (Å²) < 4.78 is 10.2. The summed E-state index contributed by atoms with van der Waals surface area (Å²) in [6.45, 7) is 2.25. The van der Waals surface area contributed by atoms with Crippen LogP contribution in [0.5, 0.6) is 5.75 Å². The van der Waals surface area contributed by atoms with Gasteiger partial charge in [-0.1, -0.05) is 18.5 Å². The number of halogens is 1. The molecule has 0 bridgehead atoms. The first-order valence-corrected chi connectivity index (χ1v) is 6.82. The summed E-state index contributed by atoms with van der Waals surface area (Å²) in [5.41, 5.74) is 0.193. The highest BCUT2D eigenvalue weighted by atomic mass is 35.5. The molecule has 0 aromatic heterocycles. The predicted molar refractivity (Wildman–Crippen MR) is 78.0 cm³/mol. The van der Waals surface area contributed by atoms with Crippen LogP contribution >= 0.6 is 11.6 Å². The molecular weight excluding hydrogens is 298 g/mol. The summed E-state index contributed by atoms with van der Waals surface area (Å²) in [6, 6.07) is 3.49. The molecule has 1 rings (SSSR count). The Morgan fingerprint density at radius 3 is 2.71 bits per heavy atom. The highest BCUT2D eigenvalue weighted by molar-refractivity contribution is 6.31. The number of nitrogens with one attached hydrogen (secondary N) is 1. The normalized spacial score (nSPS) is 11.8. The number of benzene rings is 1. The fraction of sp³-hybridized carbons (Fsp3) is 0.429. The number of carboxylic acid groups (broad SMARTS) is 1. The molecule has 1 aromatic carbocycles. The molecule has 0 fully saturated rings. The fourth-order valence-electron chi connectivity index (χ4n) is 1.59. The summed E-state index contributed by atoms with van der Waals surface area (Å²) >= 11 is 5.88. The third kappa shape index (κ3) is 5.24. The number of amides is 1. The molecule has 0 aliphatic rings. The van der Waals surface area contributed by atoms with Crippen molar-refractivity contribution in [3.05, 3.63) is 28.8 Å². The van der Waals surface area contributed by atoms with E-state index in [9.17, 15) is 9.59 Å². The highest BCUT2D eigenvalue weighted by Crippen LogP contribution is 2.23. The van der Waals surface area contributed by atoms with Gasteiger partial charge in [0.1, 0.15) is 5.75 Å². The first-order chi connectivity index (χ1) is 9.99. The van der Waals surface area contributed by atoms with Gasteiger partial charge in [0, 0.05) is 12.1 Å². The zero-order valence-corrected chi connectivity index (χ0v) is 12.6. The molecule has 0 spiro atoms. The van der Waals surface area contributed by atoms with E-state index in [1.807, 2.05) is 6.92 Å². The van der Waals surface area contributed by atoms with Crippen molar-refractivity contribution in [2.24, 2.45) is 0 Å². The maximum Gasteiger partial charge on any atom is 0.328 e. The van der Waals surface area contributed by atoms with Crippen LogP contribution in [-0.2, 0) is 9.53 Å². The van der Waals surface area contributed by atoms with E-state index in [1.54, 1.807) is 12.1 Å². The Kier molecular flexibility index (Phi) is 6.98. The van der Waals surface area contributed by atoms with Gasteiger partial charge in [-0.05, 0) is 24.6 Å². The zero-order chi connectivity index (χ0) is 15.8. The highest BCUT2D eigenvalue weighted by Gasteiger charge is 2.22. The predicted octanol–water partition coefficient (Wildman–Crippen LogP) is 1.96. The SMILES string of the molecule is CCCOc1ccc(Cl)cc1C(=O)NC(COC)C(=O)O. The van der Waals surface area contributed by atoms with Gasteiger partial charge in [0.2, 0.25) is 0 Å². The Labute approximate surface area is 128 Å². The van der Waals surface area contributed by atoms with E-state index in [1.165, 1.54) is 13.2 Å². The Bertz CT molecular complexity index is 506. The van der Waals surface area contributed by atoms with E-state index >= 15 is 0 Å². The summed E-state index contributed by atoms with van der Waals surface area (Å²) in [5.74, 6) is -1.39. The molecular formula is C14H18ClNO5. The van der Waals surface area contributed by atoms with E-state index in [4.69, 9.17) is 26.2 Å². The van der Waals surface area contributed by atoms with Gasteiger partial charge < -0.3 is 19.9 Å². The van der Waals surface area contributed by atoms with Crippen molar-refractivity contribution in [2.45, 2.75) is 19.4 Å². The molecule has 0 aliphatic heterocycles. The van der Waals surface area contributed by atoms with E-state index in [0.29, 0.717) is 17.4 Å². The van der Waals surface area contributed by atoms with E-state index in [2.05, 4.69) is 5.32 Å². The van der Waals surface area contributed by atoms with Crippen molar-refractivity contribution >= 4 is 23.5 Å². The molecule has 7 heteroatoms. The molecule has 0 saturated heterocycles. The Morgan fingerprint density at radius 2 is 2.14 bits per heavy atom. The minimum atomic E-state index is -1.18. The molecule has 1 amide bonds. The van der Waals surface area contributed by atoms with Gasteiger partial charge in [0.15, 0.2) is 6.04 Å². The molecule has 6 nitrogen and oxygen atoms in total. The lowest BCUT2D eigenvalue weighted by molar-refractivity contribution is -0.140. The van der Waals surface area contributed by atoms with Crippen LogP contribution in [0.4, 0.5) is 0 Å². The van der Waals surface area contributed by atoms with Gasteiger partial charge in [-0.2, -0.15) is 0 Å². The number of rotatable bonds is 8. The Hall–Kier alpha value is -1.79. The first-order valence-electron chi connectivity index (χ1n) is 6.44. The fourth-order valence-corrected chi connectivity index (χ4v) is 1.77. The van der Waals surface area contributed by atoms with Crippen molar-refractivity contribution in [3.8, 4) is 5.75 Å². The number of hydrogen-bond acceptors (Lipinski definition) is 4. The number of hydrogen-bond donors (Lipinski definition) is 2. The summed E-state index contributed by atoms with van der Waals surface area (Å²) in [5, 5.41) is 11.8. The van der Waals surface area contributed by atoms with E-state index in [-0.39, 0.29) is 12.2 Å². The summed E-state index contributed by atoms with van der Waals surface area (Å²) in [4.78, 5) is 23.2. The maximum absolute atomic E-state index is 12.2. The summed E-state index contributed by atoms with van der Waals surface area (Å²) in [7, 11) is 1.36. The molecule has 1 aromatic rings. The molecule has 21 heavy (non-hydrogen) atoms. The third-order valence-corrected chi connectivity index (χ3v) is 2.82. The molecule has 1 atom stereocenters. The van der Waals surface area contributed by atoms with Crippen molar-refractivity contribution in [2.75, 3.05) is 20.3 Å². The van der Waals surface area contributed by atoms with Crippen LogP contribution in [-0.4, -0.2) is 43.3 Å². The van der Waals surface area contributed by atoms with Gasteiger partial charge in [0.05, 0.1) is 18.8 Å². The van der Waals surface area contributed by atoms with Gasteiger partial charge in [0.25, 0.3) is 5.91 Å². The lowest BCUT2D eigenvalue weighted by Crippen LogP contribution is -2.43. The van der Waals surface area contributed by atoms with Crippen LogP contribution in [0.15, 0.2) is 18.2 Å². The summed E-state index contributed by atoms with van der Waals surface area (Å²) in [6.07, 6.45) is 0.783. The smallest absolute Gasteiger partial charge is 0.328 e. The van der Waals surface area contributed by atoms with E-state index in [0.717, 1.165) is 6.42 Å². The molecule has 0 aliphatic carbocycles. The quantitative estimate of drug-likeness (QED) is 0.766. The third-order valence-electron chi connectivity index (χ3n) is 2.58. The van der Waals surface area contributed by atoms with Gasteiger partial charge >= 0.3 is 5.97 Å². The van der Waals surface area contributed by atoms with Crippen LogP contribution in [0, 0.1) is 0 Å². The van der Waals surface area contributed by atoms with Crippen molar-refractivity contribution < 1.29 is 24.2 Å². The second-order valence-corrected chi connectivity index (χ2v) is 4.75. The number of methoxy groups -OCH3 is 1. The Morgan fingerprint density at radius 1 is 1.43 bits per heavy atom. The van der Waals surface area contributed by atoms with Crippen LogP contribution in [0.25, 0.3) is 0 Å². The zero-order valence-electron chi connectivity index (χ0n) is 11.9. The number of ether oxygens (including phenoxy) is 2. The minimum absolute atomic E-state index is 0.132. The monoisotopic (exact) mass is 315 g/mol. The molecule has 0 radical (unpaired) electrons. The van der Waals surface area contributed by atoms with Crippen LogP contribution in [0.3, 0.4) is 0 Å². The van der Waals surface area contributed by atoms with Gasteiger partial charge in [-0.15, -0.1) is 0 Å². The Balaban J connectivity index is 2.93. The lowest BCUT2D eigenvalue weighted by Gasteiger charge is -2.15. The first kappa shape index (κ1) is 17.3. The second kappa shape index (κ2) is 8.49. The van der Waals surface area contributed by atoms with Crippen molar-refractivity contribution in [1.82, 2.24) is 5.32 Å². The topological polar surface area (TPSA) is 84.9 Å². The molecule has 116 valence electrons. The van der Waals surface area contributed by atoms with Crippen molar-refractivity contribution in [3.63, 3.8) is 0 Å². The second-order valence-electron chi connectivity index (χ2n) is 4.31. The number of carbonyl (C=O) groups is 2. The van der Waals surface area contributed by atoms with Crippen molar-refractivity contribution in [1.29, 1.82) is 0 Å².